The van der Waals surface area contributed by atoms with Crippen molar-refractivity contribution in [1.29, 1.82) is 0 Å². The van der Waals surface area contributed by atoms with Gasteiger partial charge in [-0.15, -0.1) is 0 Å². The second-order valence-corrected chi connectivity index (χ2v) is 13.2. The van der Waals surface area contributed by atoms with Crippen LogP contribution in [-0.2, 0) is 30.6 Å². The normalized spacial score (nSPS) is 15.5. The maximum atomic E-state index is 13.1. The molecule has 1 aromatic heterocycles. The number of hydrogen-bond donors (Lipinski definition) is 0. The Kier molecular flexibility index (Phi) is 12.5. The zero-order valence-electron chi connectivity index (χ0n) is 24.1. The average molecular weight is 638 g/mol. The molecule has 11 heteroatoms. The molecule has 1 unspecified atom stereocenters. The Balaban J connectivity index is 1.13. The molecule has 0 aliphatic carbocycles. The van der Waals surface area contributed by atoms with Gasteiger partial charge in [0.25, 0.3) is 0 Å². The maximum absolute atomic E-state index is 13.1. The fourth-order valence-corrected chi connectivity index (χ4v) is 6.77. The van der Waals surface area contributed by atoms with Gasteiger partial charge in [-0.25, -0.2) is 13.4 Å². The second kappa shape index (κ2) is 16.0. The number of sulfone groups is 1. The highest BCUT2D eigenvalue weighted by molar-refractivity contribution is 7.91. The number of nitrogens with zero attached hydrogens (tertiary/aromatic N) is 2. The number of ether oxygens (including phenoxy) is 4. The van der Waals surface area contributed by atoms with E-state index in [1.807, 2.05) is 44.3 Å². The van der Waals surface area contributed by atoms with Crippen LogP contribution in [0.1, 0.15) is 34.7 Å². The predicted octanol–water partition coefficient (Wildman–Crippen LogP) is 5.57. The molecule has 0 saturated heterocycles. The molecular formula is C31H38Cl2N2O6S. The number of rotatable bonds is 16. The Morgan fingerprint density at radius 2 is 1.60 bits per heavy atom. The van der Waals surface area contributed by atoms with E-state index in [0.717, 1.165) is 35.5 Å². The summed E-state index contributed by atoms with van der Waals surface area (Å²) in [6, 6.07) is 16.5. The van der Waals surface area contributed by atoms with Crippen LogP contribution in [0.2, 0.25) is 10.0 Å². The van der Waals surface area contributed by atoms with E-state index in [9.17, 15) is 8.42 Å². The molecular weight excluding hydrogens is 599 g/mol. The summed E-state index contributed by atoms with van der Waals surface area (Å²) in [5, 5.41) is 1.21. The fraction of sp³-hybridized carbons (Fsp3) is 0.452. The minimum Gasteiger partial charge on any atom is -0.475 e. The van der Waals surface area contributed by atoms with Crippen LogP contribution in [0.15, 0.2) is 59.5 Å². The number of aromatic nitrogens is 1. The molecule has 1 atom stereocenters. The number of benzene rings is 2. The van der Waals surface area contributed by atoms with E-state index in [0.29, 0.717) is 73.5 Å². The predicted molar refractivity (Wildman–Crippen MR) is 165 cm³/mol. The molecule has 42 heavy (non-hydrogen) atoms. The third-order valence-corrected chi connectivity index (χ3v) is 9.25. The Hall–Kier alpha value is -2.24. The Morgan fingerprint density at radius 1 is 0.905 bits per heavy atom. The maximum Gasteiger partial charge on any atom is 0.213 e. The highest BCUT2D eigenvalue weighted by atomic mass is 35.5. The van der Waals surface area contributed by atoms with Crippen LogP contribution in [0, 0.1) is 6.92 Å². The number of fused-ring (bicyclic) bond motifs is 1. The molecule has 228 valence electrons. The monoisotopic (exact) mass is 636 g/mol. The molecule has 0 radical (unpaired) electrons. The fourth-order valence-electron chi connectivity index (χ4n) is 4.87. The van der Waals surface area contributed by atoms with Gasteiger partial charge in [0.1, 0.15) is 6.61 Å². The van der Waals surface area contributed by atoms with Gasteiger partial charge in [-0.3, -0.25) is 0 Å². The standard InChI is InChI=1S/C31H38Cl2N2O6S/c1-23-6-3-9-31(34-23)41-16-15-40-14-13-39-12-11-38-10-5-17-42(36,37)26-8-4-7-24(18-26)28-21-35(2)22-29-27(28)19-25(32)20-30(29)33/h3-4,6-9,18-20,28H,5,10-17,21-22H2,1-2H3. The number of hydrogen-bond acceptors (Lipinski definition) is 8. The Bertz CT molecular complexity index is 1420. The van der Waals surface area contributed by atoms with Gasteiger partial charge in [0.2, 0.25) is 5.88 Å². The third kappa shape index (κ3) is 9.64. The van der Waals surface area contributed by atoms with Crippen molar-refractivity contribution < 1.29 is 27.4 Å². The molecule has 0 fully saturated rings. The van der Waals surface area contributed by atoms with Gasteiger partial charge in [0.15, 0.2) is 9.84 Å². The van der Waals surface area contributed by atoms with Gasteiger partial charge in [0.05, 0.1) is 43.7 Å². The lowest BCUT2D eigenvalue weighted by atomic mass is 9.85. The first-order valence-electron chi connectivity index (χ1n) is 14.0. The summed E-state index contributed by atoms with van der Waals surface area (Å²) in [6.07, 6.45) is 0.395. The van der Waals surface area contributed by atoms with Crippen LogP contribution < -0.4 is 4.74 Å². The van der Waals surface area contributed by atoms with Crippen molar-refractivity contribution in [3.8, 4) is 5.88 Å². The van der Waals surface area contributed by atoms with E-state index in [1.165, 1.54) is 0 Å². The van der Waals surface area contributed by atoms with E-state index in [-0.39, 0.29) is 11.7 Å². The molecule has 4 rings (SSSR count). The largest absolute Gasteiger partial charge is 0.475 e. The zero-order chi connectivity index (χ0) is 30.0. The molecule has 2 aromatic carbocycles. The first-order chi connectivity index (χ1) is 20.2. The van der Waals surface area contributed by atoms with Crippen LogP contribution in [0.4, 0.5) is 0 Å². The van der Waals surface area contributed by atoms with E-state index in [4.69, 9.17) is 42.1 Å². The van der Waals surface area contributed by atoms with Gasteiger partial charge >= 0.3 is 0 Å². The number of aryl methyl sites for hydroxylation is 1. The van der Waals surface area contributed by atoms with E-state index < -0.39 is 9.84 Å². The molecule has 0 amide bonds. The van der Waals surface area contributed by atoms with Gasteiger partial charge in [-0.2, -0.15) is 0 Å². The molecule has 0 bridgehead atoms. The van der Waals surface area contributed by atoms with E-state index >= 15 is 0 Å². The topological polar surface area (TPSA) is 87.2 Å². The van der Waals surface area contributed by atoms with Crippen LogP contribution in [0.3, 0.4) is 0 Å². The van der Waals surface area contributed by atoms with Crippen molar-refractivity contribution in [2.24, 2.45) is 0 Å². The zero-order valence-corrected chi connectivity index (χ0v) is 26.4. The van der Waals surface area contributed by atoms with Crippen LogP contribution in [-0.4, -0.2) is 83.9 Å². The quantitative estimate of drug-likeness (QED) is 0.189. The minimum atomic E-state index is -3.47. The number of likely N-dealkylation sites (N-methyl/N-ethyl adjacent to an activating group) is 1. The summed E-state index contributed by atoms with van der Waals surface area (Å²) in [5.41, 5.74) is 3.91. The van der Waals surface area contributed by atoms with Crippen molar-refractivity contribution in [2.45, 2.75) is 30.7 Å². The SMILES string of the molecule is Cc1cccc(OCCOCCOCCOCCCS(=O)(=O)c2cccc(C3CN(C)Cc4c(Cl)cc(Cl)cc43)c2)n1. The molecule has 0 saturated carbocycles. The van der Waals surface area contributed by atoms with Gasteiger partial charge < -0.3 is 23.8 Å². The van der Waals surface area contributed by atoms with E-state index in [1.54, 1.807) is 24.3 Å². The first kappa shape index (κ1) is 32.7. The molecule has 3 aromatic rings. The van der Waals surface area contributed by atoms with Gasteiger partial charge in [-0.1, -0.05) is 41.4 Å². The van der Waals surface area contributed by atoms with Crippen molar-refractivity contribution in [1.82, 2.24) is 9.88 Å². The lowest BCUT2D eigenvalue weighted by Gasteiger charge is -2.33. The summed E-state index contributed by atoms with van der Waals surface area (Å²) in [5.74, 6) is 0.566. The minimum absolute atomic E-state index is 0.00407. The lowest BCUT2D eigenvalue weighted by Crippen LogP contribution is -2.31. The van der Waals surface area contributed by atoms with Crippen molar-refractivity contribution >= 4 is 33.0 Å². The molecule has 8 nitrogen and oxygen atoms in total. The third-order valence-electron chi connectivity index (χ3n) is 6.90. The van der Waals surface area contributed by atoms with Crippen molar-refractivity contribution in [3.05, 3.63) is 87.0 Å². The smallest absolute Gasteiger partial charge is 0.213 e. The molecule has 0 N–H and O–H groups in total. The first-order valence-corrected chi connectivity index (χ1v) is 16.4. The van der Waals surface area contributed by atoms with Crippen LogP contribution in [0.5, 0.6) is 5.88 Å². The Morgan fingerprint density at radius 3 is 2.33 bits per heavy atom. The molecule has 1 aliphatic heterocycles. The lowest BCUT2D eigenvalue weighted by molar-refractivity contribution is 0.00928. The molecule has 1 aliphatic rings. The van der Waals surface area contributed by atoms with Crippen molar-refractivity contribution in [3.63, 3.8) is 0 Å². The highest BCUT2D eigenvalue weighted by Gasteiger charge is 2.28. The summed E-state index contributed by atoms with van der Waals surface area (Å²) < 4.78 is 48.3. The summed E-state index contributed by atoms with van der Waals surface area (Å²) in [6.45, 7) is 6.27. The summed E-state index contributed by atoms with van der Waals surface area (Å²) >= 11 is 12.8. The highest BCUT2D eigenvalue weighted by Crippen LogP contribution is 2.38. The van der Waals surface area contributed by atoms with Gasteiger partial charge in [0, 0.05) is 47.4 Å². The second-order valence-electron chi connectivity index (χ2n) is 10.3. The van der Waals surface area contributed by atoms with Crippen LogP contribution >= 0.6 is 23.2 Å². The van der Waals surface area contributed by atoms with E-state index in [2.05, 4.69) is 9.88 Å². The van der Waals surface area contributed by atoms with Crippen molar-refractivity contribution in [2.75, 3.05) is 65.6 Å². The Labute approximate surface area is 258 Å². The average Bonchev–Trinajstić information content (AvgIpc) is 2.95. The molecule has 0 spiro atoms. The van der Waals surface area contributed by atoms with Crippen LogP contribution in [0.25, 0.3) is 0 Å². The summed E-state index contributed by atoms with van der Waals surface area (Å²) in [7, 11) is -1.44. The molecule has 2 heterocycles. The summed E-state index contributed by atoms with van der Waals surface area (Å²) in [4.78, 5) is 6.76. The van der Waals surface area contributed by atoms with Gasteiger partial charge in [-0.05, 0) is 67.4 Å². The number of pyridine rings is 1. The number of halogens is 2.